The topological polar surface area (TPSA) is 46.2 Å². The van der Waals surface area contributed by atoms with Crippen LogP contribution in [0.4, 0.5) is 0 Å². The molecule has 3 N–H and O–H groups in total. The molecule has 2 nitrogen and oxygen atoms in total. The second-order valence-corrected chi connectivity index (χ2v) is 5.02. The molecule has 90 valence electrons. The van der Waals surface area contributed by atoms with Crippen molar-refractivity contribution in [2.45, 2.75) is 38.5 Å². The van der Waals surface area contributed by atoms with Crippen molar-refractivity contribution >= 4 is 0 Å². The molecule has 16 heavy (non-hydrogen) atoms. The summed E-state index contributed by atoms with van der Waals surface area (Å²) in [6.07, 6.45) is 0.713. The quantitative estimate of drug-likeness (QED) is 0.802. The van der Waals surface area contributed by atoms with E-state index >= 15 is 0 Å². The van der Waals surface area contributed by atoms with Gasteiger partial charge in [-0.3, -0.25) is 0 Å². The van der Waals surface area contributed by atoms with Crippen LogP contribution in [0.15, 0.2) is 24.3 Å². The average molecular weight is 221 g/mol. The highest BCUT2D eigenvalue weighted by Gasteiger charge is 2.24. The summed E-state index contributed by atoms with van der Waals surface area (Å²) in [5, 5.41) is 9.08. The Morgan fingerprint density at radius 2 is 1.81 bits per heavy atom. The Kier molecular flexibility index (Phi) is 4.51. The molecule has 0 saturated heterocycles. The van der Waals surface area contributed by atoms with Crippen molar-refractivity contribution in [3.8, 4) is 0 Å². The molecule has 0 heterocycles. The highest BCUT2D eigenvalue weighted by molar-refractivity contribution is 5.30. The first-order chi connectivity index (χ1) is 7.53. The van der Waals surface area contributed by atoms with Crippen molar-refractivity contribution in [1.29, 1.82) is 0 Å². The molecular weight excluding hydrogens is 198 g/mol. The minimum absolute atomic E-state index is 0.107. The molecule has 0 spiro atoms. The number of aliphatic hydroxyl groups excluding tert-OH is 1. The molecule has 0 amide bonds. The molecule has 1 aromatic rings. The van der Waals surface area contributed by atoms with Gasteiger partial charge in [-0.05, 0) is 23.5 Å². The minimum atomic E-state index is -0.107. The molecule has 2 heteroatoms. The first-order valence-electron chi connectivity index (χ1n) is 5.95. The number of hydrogen-bond acceptors (Lipinski definition) is 2. The van der Waals surface area contributed by atoms with E-state index in [4.69, 9.17) is 10.8 Å². The van der Waals surface area contributed by atoms with Crippen LogP contribution in [0.5, 0.6) is 0 Å². The van der Waals surface area contributed by atoms with Gasteiger partial charge in [-0.25, -0.2) is 0 Å². The summed E-state index contributed by atoms with van der Waals surface area (Å²) in [6.45, 7) is 7.22. The van der Waals surface area contributed by atoms with Crippen LogP contribution in [0.2, 0.25) is 0 Å². The molecule has 1 rings (SSSR count). The fourth-order valence-electron chi connectivity index (χ4n) is 1.88. The third-order valence-electron chi connectivity index (χ3n) is 3.39. The zero-order valence-corrected chi connectivity index (χ0v) is 10.5. The lowest BCUT2D eigenvalue weighted by Crippen LogP contribution is -2.32. The Morgan fingerprint density at radius 3 is 2.19 bits per heavy atom. The smallest absolute Gasteiger partial charge is 0.0439 e. The summed E-state index contributed by atoms with van der Waals surface area (Å²) in [5.74, 6) is 0.552. The van der Waals surface area contributed by atoms with E-state index in [9.17, 15) is 0 Å². The largest absolute Gasteiger partial charge is 0.396 e. The maximum Gasteiger partial charge on any atom is 0.0439 e. The van der Waals surface area contributed by atoms with Gasteiger partial charge in [-0.15, -0.1) is 0 Å². The van der Waals surface area contributed by atoms with Crippen molar-refractivity contribution in [1.82, 2.24) is 0 Å². The minimum Gasteiger partial charge on any atom is -0.396 e. The van der Waals surface area contributed by atoms with Crippen LogP contribution in [-0.4, -0.2) is 18.3 Å². The second-order valence-electron chi connectivity index (χ2n) is 5.02. The van der Waals surface area contributed by atoms with Crippen molar-refractivity contribution in [3.05, 3.63) is 35.4 Å². The van der Waals surface area contributed by atoms with E-state index in [0.29, 0.717) is 18.9 Å². The first kappa shape index (κ1) is 13.2. The summed E-state index contributed by atoms with van der Waals surface area (Å²) in [7, 11) is 0. The van der Waals surface area contributed by atoms with Crippen molar-refractivity contribution < 1.29 is 5.11 Å². The molecule has 0 radical (unpaired) electrons. The lowest BCUT2D eigenvalue weighted by molar-refractivity contribution is 0.247. The molecule has 0 saturated carbocycles. The summed E-state index contributed by atoms with van der Waals surface area (Å²) >= 11 is 0. The lowest BCUT2D eigenvalue weighted by atomic mass is 9.79. The zero-order valence-electron chi connectivity index (χ0n) is 10.5. The van der Waals surface area contributed by atoms with Gasteiger partial charge in [0.2, 0.25) is 0 Å². The summed E-state index contributed by atoms with van der Waals surface area (Å²) in [5.41, 5.74) is 8.26. The third kappa shape index (κ3) is 2.83. The number of aliphatic hydroxyl groups is 1. The molecule has 1 aromatic carbocycles. The van der Waals surface area contributed by atoms with E-state index < -0.39 is 0 Å². The Bertz CT molecular complexity index is 318. The maximum absolute atomic E-state index is 9.08. The molecule has 0 aliphatic carbocycles. The third-order valence-corrected chi connectivity index (χ3v) is 3.39. The molecule has 0 bridgehead atoms. The fraction of sp³-hybridized carbons (Fsp3) is 0.571. The fourth-order valence-corrected chi connectivity index (χ4v) is 1.88. The normalized spacial score (nSPS) is 15.1. The van der Waals surface area contributed by atoms with Gasteiger partial charge in [0.1, 0.15) is 0 Å². The van der Waals surface area contributed by atoms with E-state index in [1.165, 1.54) is 11.1 Å². The van der Waals surface area contributed by atoms with Crippen LogP contribution in [0.25, 0.3) is 0 Å². The van der Waals surface area contributed by atoms with E-state index in [-0.39, 0.29) is 12.0 Å². The average Bonchev–Trinajstić information content (AvgIpc) is 2.29. The Labute approximate surface area is 98.5 Å². The van der Waals surface area contributed by atoms with Crippen LogP contribution in [0.1, 0.15) is 44.2 Å². The van der Waals surface area contributed by atoms with E-state index in [1.54, 1.807) is 0 Å². The second kappa shape index (κ2) is 5.46. The summed E-state index contributed by atoms with van der Waals surface area (Å²) in [6, 6.07) is 8.59. The highest BCUT2D eigenvalue weighted by atomic mass is 16.3. The van der Waals surface area contributed by atoms with E-state index in [2.05, 4.69) is 45.0 Å². The SMILES string of the molecule is CC(C)c1ccc(C(C)(CN)CCO)cc1. The van der Waals surface area contributed by atoms with Crippen LogP contribution in [-0.2, 0) is 5.41 Å². The van der Waals surface area contributed by atoms with Gasteiger partial charge in [-0.1, -0.05) is 45.0 Å². The highest BCUT2D eigenvalue weighted by Crippen LogP contribution is 2.27. The van der Waals surface area contributed by atoms with Gasteiger partial charge < -0.3 is 10.8 Å². The predicted molar refractivity (Wildman–Crippen MR) is 68.6 cm³/mol. The van der Waals surface area contributed by atoms with Gasteiger partial charge in [0.25, 0.3) is 0 Å². The number of hydrogen-bond donors (Lipinski definition) is 2. The van der Waals surface area contributed by atoms with Gasteiger partial charge in [-0.2, -0.15) is 0 Å². The standard InChI is InChI=1S/C14H23NO/c1-11(2)12-4-6-13(7-5-12)14(3,10-15)8-9-16/h4-7,11,16H,8-10,15H2,1-3H3. The molecule has 0 aliphatic rings. The Balaban J connectivity index is 2.94. The summed E-state index contributed by atoms with van der Waals surface area (Å²) < 4.78 is 0. The lowest BCUT2D eigenvalue weighted by Gasteiger charge is -2.28. The predicted octanol–water partition coefficient (Wildman–Crippen LogP) is 2.41. The van der Waals surface area contributed by atoms with Crippen molar-refractivity contribution in [3.63, 3.8) is 0 Å². The van der Waals surface area contributed by atoms with Gasteiger partial charge >= 0.3 is 0 Å². The van der Waals surface area contributed by atoms with Crippen molar-refractivity contribution in [2.75, 3.05) is 13.2 Å². The van der Waals surface area contributed by atoms with Crippen LogP contribution < -0.4 is 5.73 Å². The Morgan fingerprint density at radius 1 is 1.25 bits per heavy atom. The molecule has 1 unspecified atom stereocenters. The molecule has 0 aromatic heterocycles. The van der Waals surface area contributed by atoms with Crippen LogP contribution >= 0.6 is 0 Å². The number of nitrogens with two attached hydrogens (primary N) is 1. The van der Waals surface area contributed by atoms with Gasteiger partial charge in [0.15, 0.2) is 0 Å². The monoisotopic (exact) mass is 221 g/mol. The van der Waals surface area contributed by atoms with E-state index in [0.717, 1.165) is 0 Å². The molecule has 0 aliphatic heterocycles. The van der Waals surface area contributed by atoms with Gasteiger partial charge in [0.05, 0.1) is 0 Å². The molecular formula is C14H23NO. The molecule has 1 atom stereocenters. The van der Waals surface area contributed by atoms with Gasteiger partial charge in [0, 0.05) is 18.6 Å². The number of rotatable bonds is 5. The van der Waals surface area contributed by atoms with Crippen molar-refractivity contribution in [2.24, 2.45) is 5.73 Å². The maximum atomic E-state index is 9.08. The zero-order chi connectivity index (χ0) is 12.2. The van der Waals surface area contributed by atoms with Crippen LogP contribution in [0.3, 0.4) is 0 Å². The summed E-state index contributed by atoms with van der Waals surface area (Å²) in [4.78, 5) is 0. The van der Waals surface area contributed by atoms with Crippen LogP contribution in [0, 0.1) is 0 Å². The number of benzene rings is 1. The Hall–Kier alpha value is -0.860. The molecule has 0 fully saturated rings. The first-order valence-corrected chi connectivity index (χ1v) is 5.95. The van der Waals surface area contributed by atoms with E-state index in [1.807, 2.05) is 0 Å².